The molecule has 2 bridgehead atoms. The Morgan fingerprint density at radius 1 is 1.39 bits per heavy atom. The topological polar surface area (TPSA) is 15.3 Å². The number of nitrogens with zero attached hydrogens (tertiary/aromatic N) is 1. The molecular formula is C15H21BrN2. The molecule has 1 N–H and O–H groups in total. The number of benzene rings is 1. The minimum absolute atomic E-state index is 0.400. The fourth-order valence-electron chi connectivity index (χ4n) is 3.51. The molecule has 1 saturated carbocycles. The SMILES string of the molecule is CNC(C)c1cc(Br)ccc1N1CC2CCC1C2. The first-order valence-corrected chi connectivity index (χ1v) is 7.71. The lowest BCUT2D eigenvalue weighted by Gasteiger charge is -2.32. The Labute approximate surface area is 118 Å². The number of halogens is 1. The summed E-state index contributed by atoms with van der Waals surface area (Å²) in [4.78, 5) is 2.64. The summed E-state index contributed by atoms with van der Waals surface area (Å²) in [5, 5.41) is 3.37. The Hall–Kier alpha value is -0.540. The molecule has 3 rings (SSSR count). The van der Waals surface area contributed by atoms with E-state index in [-0.39, 0.29) is 0 Å². The molecular weight excluding hydrogens is 288 g/mol. The van der Waals surface area contributed by atoms with Gasteiger partial charge >= 0.3 is 0 Å². The Morgan fingerprint density at radius 3 is 2.83 bits per heavy atom. The van der Waals surface area contributed by atoms with E-state index >= 15 is 0 Å². The van der Waals surface area contributed by atoms with Gasteiger partial charge in [-0.1, -0.05) is 15.9 Å². The molecule has 0 aromatic heterocycles. The number of piperidine rings is 1. The van der Waals surface area contributed by atoms with Gasteiger partial charge in [0.1, 0.15) is 0 Å². The molecule has 2 nitrogen and oxygen atoms in total. The Bertz CT molecular complexity index is 446. The van der Waals surface area contributed by atoms with Crippen molar-refractivity contribution < 1.29 is 0 Å². The quantitative estimate of drug-likeness (QED) is 0.915. The number of rotatable bonds is 3. The van der Waals surface area contributed by atoms with Crippen LogP contribution in [0.15, 0.2) is 22.7 Å². The van der Waals surface area contributed by atoms with Crippen LogP contribution in [0.2, 0.25) is 0 Å². The van der Waals surface area contributed by atoms with Crippen molar-refractivity contribution in [1.82, 2.24) is 5.32 Å². The lowest BCUT2D eigenvalue weighted by molar-refractivity contribution is 0.549. The van der Waals surface area contributed by atoms with E-state index < -0.39 is 0 Å². The molecule has 0 radical (unpaired) electrons. The van der Waals surface area contributed by atoms with E-state index in [1.807, 2.05) is 7.05 Å². The van der Waals surface area contributed by atoms with Crippen molar-refractivity contribution in [2.24, 2.45) is 5.92 Å². The molecule has 98 valence electrons. The number of nitrogens with one attached hydrogen (secondary N) is 1. The average Bonchev–Trinajstić information content (AvgIpc) is 3.00. The summed E-state index contributed by atoms with van der Waals surface area (Å²) < 4.78 is 1.17. The van der Waals surface area contributed by atoms with Gasteiger partial charge in [0.05, 0.1) is 0 Å². The van der Waals surface area contributed by atoms with Crippen molar-refractivity contribution in [2.75, 3.05) is 18.5 Å². The van der Waals surface area contributed by atoms with Gasteiger partial charge in [-0.05, 0) is 62.9 Å². The van der Waals surface area contributed by atoms with Crippen LogP contribution in [-0.2, 0) is 0 Å². The summed E-state index contributed by atoms with van der Waals surface area (Å²) in [6.07, 6.45) is 4.23. The van der Waals surface area contributed by atoms with Crippen LogP contribution >= 0.6 is 15.9 Å². The van der Waals surface area contributed by atoms with Gasteiger partial charge in [-0.2, -0.15) is 0 Å². The Morgan fingerprint density at radius 2 is 2.22 bits per heavy atom. The standard InChI is InChI=1S/C15H21BrN2/c1-10(17-2)14-8-12(16)4-6-15(14)18-9-11-3-5-13(18)7-11/h4,6,8,10-11,13,17H,3,5,7,9H2,1-2H3. The second-order valence-electron chi connectivity index (χ2n) is 5.70. The molecule has 1 aromatic rings. The van der Waals surface area contributed by atoms with Gasteiger partial charge < -0.3 is 10.2 Å². The summed E-state index contributed by atoms with van der Waals surface area (Å²) in [7, 11) is 2.03. The number of hydrogen-bond donors (Lipinski definition) is 1. The van der Waals surface area contributed by atoms with Crippen LogP contribution in [-0.4, -0.2) is 19.6 Å². The fraction of sp³-hybridized carbons (Fsp3) is 0.600. The summed E-state index contributed by atoms with van der Waals surface area (Å²) in [5.41, 5.74) is 2.85. The predicted molar refractivity (Wildman–Crippen MR) is 80.1 cm³/mol. The Kier molecular flexibility index (Phi) is 3.37. The molecule has 3 atom stereocenters. The first-order chi connectivity index (χ1) is 8.69. The molecule has 1 aliphatic carbocycles. The van der Waals surface area contributed by atoms with Gasteiger partial charge in [-0.3, -0.25) is 0 Å². The van der Waals surface area contributed by atoms with Gasteiger partial charge in [0, 0.05) is 28.8 Å². The smallest absolute Gasteiger partial charge is 0.0418 e. The largest absolute Gasteiger partial charge is 0.368 e. The van der Waals surface area contributed by atoms with Gasteiger partial charge in [-0.15, -0.1) is 0 Å². The Balaban J connectivity index is 1.96. The summed E-state index contributed by atoms with van der Waals surface area (Å²) >= 11 is 3.60. The highest BCUT2D eigenvalue weighted by Gasteiger charge is 2.38. The zero-order chi connectivity index (χ0) is 12.7. The normalized spacial score (nSPS) is 27.8. The van der Waals surface area contributed by atoms with E-state index in [0.717, 1.165) is 12.0 Å². The molecule has 3 heteroatoms. The highest BCUT2D eigenvalue weighted by atomic mass is 79.9. The molecule has 2 fully saturated rings. The zero-order valence-corrected chi connectivity index (χ0v) is 12.7. The van der Waals surface area contributed by atoms with Crippen molar-refractivity contribution in [1.29, 1.82) is 0 Å². The maximum Gasteiger partial charge on any atom is 0.0418 e. The highest BCUT2D eigenvalue weighted by Crippen LogP contribution is 2.42. The van der Waals surface area contributed by atoms with Gasteiger partial charge in [0.25, 0.3) is 0 Å². The molecule has 0 amide bonds. The van der Waals surface area contributed by atoms with Crippen LogP contribution in [0.4, 0.5) is 5.69 Å². The van der Waals surface area contributed by atoms with Crippen LogP contribution < -0.4 is 10.2 Å². The second-order valence-corrected chi connectivity index (χ2v) is 6.61. The van der Waals surface area contributed by atoms with Crippen LogP contribution in [0, 0.1) is 5.92 Å². The van der Waals surface area contributed by atoms with Gasteiger partial charge in [-0.25, -0.2) is 0 Å². The van der Waals surface area contributed by atoms with E-state index in [2.05, 4.69) is 51.3 Å². The van der Waals surface area contributed by atoms with Crippen LogP contribution in [0.1, 0.15) is 37.8 Å². The van der Waals surface area contributed by atoms with Crippen LogP contribution in [0.5, 0.6) is 0 Å². The van der Waals surface area contributed by atoms with E-state index in [1.54, 1.807) is 0 Å². The maximum atomic E-state index is 3.60. The lowest BCUT2D eigenvalue weighted by atomic mass is 10.0. The van der Waals surface area contributed by atoms with Gasteiger partial charge in [0.2, 0.25) is 0 Å². The summed E-state index contributed by atoms with van der Waals surface area (Å²) in [6, 6.07) is 7.92. The van der Waals surface area contributed by atoms with E-state index in [1.165, 1.54) is 41.5 Å². The van der Waals surface area contributed by atoms with Crippen molar-refractivity contribution >= 4 is 21.6 Å². The molecule has 1 aliphatic heterocycles. The summed E-state index contributed by atoms with van der Waals surface area (Å²) in [5.74, 6) is 0.941. The molecule has 1 heterocycles. The third kappa shape index (κ3) is 2.08. The average molecular weight is 309 g/mol. The van der Waals surface area contributed by atoms with Crippen molar-refractivity contribution in [3.63, 3.8) is 0 Å². The number of anilines is 1. The minimum atomic E-state index is 0.400. The predicted octanol–water partition coefficient (Wildman–Crippen LogP) is 3.72. The van der Waals surface area contributed by atoms with Crippen molar-refractivity contribution in [3.05, 3.63) is 28.2 Å². The minimum Gasteiger partial charge on any atom is -0.368 e. The van der Waals surface area contributed by atoms with Crippen molar-refractivity contribution in [2.45, 2.75) is 38.3 Å². The first kappa shape index (κ1) is 12.5. The molecule has 1 aromatic carbocycles. The molecule has 3 unspecified atom stereocenters. The maximum absolute atomic E-state index is 3.60. The fourth-order valence-corrected chi connectivity index (χ4v) is 3.89. The third-order valence-corrected chi connectivity index (χ3v) is 5.10. The van der Waals surface area contributed by atoms with E-state index in [0.29, 0.717) is 6.04 Å². The molecule has 2 aliphatic rings. The van der Waals surface area contributed by atoms with Crippen molar-refractivity contribution in [3.8, 4) is 0 Å². The number of fused-ring (bicyclic) bond motifs is 2. The van der Waals surface area contributed by atoms with Crippen LogP contribution in [0.3, 0.4) is 0 Å². The monoisotopic (exact) mass is 308 g/mol. The van der Waals surface area contributed by atoms with E-state index in [9.17, 15) is 0 Å². The number of hydrogen-bond acceptors (Lipinski definition) is 2. The highest BCUT2D eigenvalue weighted by molar-refractivity contribution is 9.10. The molecule has 18 heavy (non-hydrogen) atoms. The van der Waals surface area contributed by atoms with Gasteiger partial charge in [0.15, 0.2) is 0 Å². The third-order valence-electron chi connectivity index (χ3n) is 4.61. The lowest BCUT2D eigenvalue weighted by Crippen LogP contribution is -2.33. The molecule has 0 spiro atoms. The van der Waals surface area contributed by atoms with E-state index in [4.69, 9.17) is 0 Å². The molecule has 1 saturated heterocycles. The zero-order valence-electron chi connectivity index (χ0n) is 11.1. The first-order valence-electron chi connectivity index (χ1n) is 6.92. The van der Waals surface area contributed by atoms with Crippen LogP contribution in [0.25, 0.3) is 0 Å². The second kappa shape index (κ2) is 4.86. The summed E-state index contributed by atoms with van der Waals surface area (Å²) in [6.45, 7) is 3.50.